The minimum Gasteiger partial charge on any atom is -0.433 e. The summed E-state index contributed by atoms with van der Waals surface area (Å²) in [7, 11) is -7.69. The van der Waals surface area contributed by atoms with Gasteiger partial charge in [-0.3, -0.25) is 0 Å². The molecule has 0 spiro atoms. The zero-order valence-electron chi connectivity index (χ0n) is 18.6. The van der Waals surface area contributed by atoms with Crippen LogP contribution in [0.4, 0.5) is 0 Å². The minimum atomic E-state index is -3.84. The standard InChI is InChI=1S/C24H26O7S2/c1-4-29-24-19(15-22(17(2)30-24)32(25,26)20-11-7-5-8-12-20)16-23(18(3)31-24)33(27,28)21-13-9-6-10-14-21/h5-14,19H,4,15-16H2,1-3H3. The molecule has 4 rings (SSSR count). The Kier molecular flexibility index (Phi) is 6.15. The lowest BCUT2D eigenvalue weighted by Gasteiger charge is -2.46. The van der Waals surface area contributed by atoms with Crippen LogP contribution in [0, 0.1) is 5.92 Å². The number of rotatable bonds is 6. The van der Waals surface area contributed by atoms with Gasteiger partial charge in [-0.05, 0) is 45.0 Å². The van der Waals surface area contributed by atoms with Crippen molar-refractivity contribution in [3.8, 4) is 0 Å². The highest BCUT2D eigenvalue weighted by Crippen LogP contribution is 2.49. The van der Waals surface area contributed by atoms with E-state index < -0.39 is 31.6 Å². The van der Waals surface area contributed by atoms with E-state index >= 15 is 0 Å². The lowest BCUT2D eigenvalue weighted by atomic mass is 9.93. The second kappa shape index (κ2) is 8.62. The van der Waals surface area contributed by atoms with Crippen LogP contribution in [0.25, 0.3) is 0 Å². The molecule has 176 valence electrons. The smallest absolute Gasteiger partial charge is 0.374 e. The zero-order valence-corrected chi connectivity index (χ0v) is 20.3. The van der Waals surface area contributed by atoms with Crippen molar-refractivity contribution < 1.29 is 31.0 Å². The van der Waals surface area contributed by atoms with Crippen LogP contribution in [0.5, 0.6) is 0 Å². The van der Waals surface area contributed by atoms with Gasteiger partial charge in [0.2, 0.25) is 19.7 Å². The van der Waals surface area contributed by atoms with Gasteiger partial charge in [-0.2, -0.15) is 0 Å². The van der Waals surface area contributed by atoms with Gasteiger partial charge in [-0.1, -0.05) is 36.4 Å². The molecule has 0 saturated heterocycles. The fraction of sp³-hybridized carbons (Fsp3) is 0.333. The van der Waals surface area contributed by atoms with Crippen LogP contribution < -0.4 is 0 Å². The van der Waals surface area contributed by atoms with Crippen molar-refractivity contribution >= 4 is 19.7 Å². The van der Waals surface area contributed by atoms with Crippen LogP contribution in [-0.4, -0.2) is 29.4 Å². The summed E-state index contributed by atoms with van der Waals surface area (Å²) < 4.78 is 71.2. The van der Waals surface area contributed by atoms with Gasteiger partial charge in [0.15, 0.2) is 0 Å². The number of fused-ring (bicyclic) bond motifs is 1. The van der Waals surface area contributed by atoms with Crippen molar-refractivity contribution in [1.29, 1.82) is 0 Å². The van der Waals surface area contributed by atoms with Crippen molar-refractivity contribution in [3.63, 3.8) is 0 Å². The summed E-state index contributed by atoms with van der Waals surface area (Å²) >= 11 is 0. The van der Waals surface area contributed by atoms with E-state index in [9.17, 15) is 16.8 Å². The average molecular weight is 491 g/mol. The summed E-state index contributed by atoms with van der Waals surface area (Å²) in [6.45, 7) is 5.12. The summed E-state index contributed by atoms with van der Waals surface area (Å²) in [5, 5.41) is 0. The van der Waals surface area contributed by atoms with Crippen LogP contribution in [0.2, 0.25) is 0 Å². The van der Waals surface area contributed by atoms with Crippen LogP contribution in [0.3, 0.4) is 0 Å². The normalized spacial score (nSPS) is 23.5. The molecule has 0 aromatic heterocycles. The maximum absolute atomic E-state index is 13.3. The summed E-state index contributed by atoms with van der Waals surface area (Å²) in [5.74, 6) is -1.93. The van der Waals surface area contributed by atoms with Crippen molar-refractivity contribution in [2.24, 2.45) is 5.92 Å². The van der Waals surface area contributed by atoms with Gasteiger partial charge in [0.25, 0.3) is 0 Å². The molecule has 0 fully saturated rings. The molecule has 0 aliphatic carbocycles. The van der Waals surface area contributed by atoms with Gasteiger partial charge in [0, 0.05) is 12.8 Å². The van der Waals surface area contributed by atoms with E-state index in [4.69, 9.17) is 14.2 Å². The molecule has 9 heteroatoms. The Bertz CT molecular complexity index is 1210. The Morgan fingerprint density at radius 2 is 1.18 bits per heavy atom. The SMILES string of the molecule is CCOC12OC(C)=C(S(=O)(=O)c3ccccc3)CC1CC(S(=O)(=O)c1ccccc1)=C(C)O2. The third-order valence-corrected chi connectivity index (χ3v) is 9.83. The number of hydrogen-bond donors (Lipinski definition) is 0. The lowest BCUT2D eigenvalue weighted by Crippen LogP contribution is -2.51. The van der Waals surface area contributed by atoms with Crippen LogP contribution in [0.1, 0.15) is 33.6 Å². The Labute approximate surface area is 194 Å². The first-order valence-electron chi connectivity index (χ1n) is 10.6. The van der Waals surface area contributed by atoms with Gasteiger partial charge >= 0.3 is 5.97 Å². The highest BCUT2D eigenvalue weighted by Gasteiger charge is 2.55. The first kappa shape index (κ1) is 23.5. The molecule has 0 bridgehead atoms. The molecule has 2 aliphatic heterocycles. The Balaban J connectivity index is 1.77. The van der Waals surface area contributed by atoms with Crippen LogP contribution >= 0.6 is 0 Å². The Morgan fingerprint density at radius 3 is 1.55 bits per heavy atom. The van der Waals surface area contributed by atoms with Gasteiger partial charge in [0.1, 0.15) is 11.5 Å². The lowest BCUT2D eigenvalue weighted by molar-refractivity contribution is -0.385. The molecule has 2 aromatic rings. The van der Waals surface area contributed by atoms with Crippen LogP contribution in [0.15, 0.2) is 91.8 Å². The predicted molar refractivity (Wildman–Crippen MR) is 122 cm³/mol. The molecule has 0 amide bonds. The zero-order chi connectivity index (χ0) is 23.9. The second-order valence-corrected chi connectivity index (χ2v) is 11.9. The topological polar surface area (TPSA) is 96.0 Å². The second-order valence-electron chi connectivity index (χ2n) is 7.94. The van der Waals surface area contributed by atoms with E-state index in [1.54, 1.807) is 57.2 Å². The van der Waals surface area contributed by atoms with Crippen LogP contribution in [-0.2, 0) is 33.9 Å². The molecule has 2 aliphatic rings. The molecular formula is C24H26O7S2. The van der Waals surface area contributed by atoms with E-state index in [0.29, 0.717) is 0 Å². The Morgan fingerprint density at radius 1 is 0.788 bits per heavy atom. The monoisotopic (exact) mass is 490 g/mol. The van der Waals surface area contributed by atoms with Crippen molar-refractivity contribution in [2.45, 2.75) is 49.4 Å². The fourth-order valence-corrected chi connectivity index (χ4v) is 7.53. The number of hydrogen-bond acceptors (Lipinski definition) is 7. The van der Waals surface area contributed by atoms with E-state index in [1.807, 2.05) is 0 Å². The Hall–Kier alpha value is -2.62. The molecule has 7 nitrogen and oxygen atoms in total. The first-order valence-corrected chi connectivity index (χ1v) is 13.6. The van der Waals surface area contributed by atoms with Gasteiger partial charge in [-0.25, -0.2) is 16.8 Å². The highest BCUT2D eigenvalue weighted by molar-refractivity contribution is 7.95. The average Bonchev–Trinajstić information content (AvgIpc) is 2.79. The number of ether oxygens (including phenoxy) is 3. The number of benzene rings is 2. The first-order chi connectivity index (χ1) is 15.6. The molecule has 0 radical (unpaired) electrons. The quantitative estimate of drug-likeness (QED) is 0.586. The van der Waals surface area contributed by atoms with Gasteiger partial charge in [0.05, 0.1) is 32.1 Å². The number of allylic oxidation sites excluding steroid dienone is 4. The summed E-state index contributed by atoms with van der Waals surface area (Å²) in [6, 6.07) is 16.2. The van der Waals surface area contributed by atoms with E-state index in [1.165, 1.54) is 24.3 Å². The maximum atomic E-state index is 13.3. The summed E-state index contributed by atoms with van der Waals surface area (Å²) in [5.41, 5.74) is 0. The molecular weight excluding hydrogens is 464 g/mol. The molecule has 33 heavy (non-hydrogen) atoms. The third kappa shape index (κ3) is 4.09. The van der Waals surface area contributed by atoms with E-state index in [0.717, 1.165) is 0 Å². The van der Waals surface area contributed by atoms with Crippen molar-refractivity contribution in [2.75, 3.05) is 6.61 Å². The number of sulfone groups is 2. The largest absolute Gasteiger partial charge is 0.433 e. The molecule has 0 atom stereocenters. The summed E-state index contributed by atoms with van der Waals surface area (Å²) in [4.78, 5) is 0.474. The summed E-state index contributed by atoms with van der Waals surface area (Å²) in [6.07, 6.45) is 0.0360. The minimum absolute atomic E-state index is 0.0180. The molecule has 2 heterocycles. The fourth-order valence-electron chi connectivity index (χ4n) is 4.24. The third-order valence-electron chi connectivity index (χ3n) is 5.84. The maximum Gasteiger partial charge on any atom is 0.374 e. The van der Waals surface area contributed by atoms with E-state index in [-0.39, 0.29) is 50.6 Å². The molecule has 0 N–H and O–H groups in total. The van der Waals surface area contributed by atoms with Crippen molar-refractivity contribution in [3.05, 3.63) is 82.0 Å². The van der Waals surface area contributed by atoms with E-state index in [2.05, 4.69) is 0 Å². The van der Waals surface area contributed by atoms with Gasteiger partial charge in [-0.15, -0.1) is 0 Å². The van der Waals surface area contributed by atoms with Crippen molar-refractivity contribution in [1.82, 2.24) is 0 Å². The molecule has 0 saturated carbocycles. The predicted octanol–water partition coefficient (Wildman–Crippen LogP) is 4.54. The van der Waals surface area contributed by atoms with Gasteiger partial charge < -0.3 is 14.2 Å². The highest BCUT2D eigenvalue weighted by atomic mass is 32.2. The molecule has 0 unspecified atom stereocenters. The molecule has 2 aromatic carbocycles.